The lowest BCUT2D eigenvalue weighted by molar-refractivity contribution is -0.136. The van der Waals surface area contributed by atoms with Crippen LogP contribution in [-0.2, 0) is 4.79 Å². The standard InChI is InChI=1S/C15H15Cl2FN4O3/c1-22(2)14-12(18)15(21-7-20-14)25-13-9(16)5-8(6-10(13)17)19-4-3-11(23)24/h5-7,19H,3-4H2,1-2H3,(H,23,24). The summed E-state index contributed by atoms with van der Waals surface area (Å²) in [6.45, 7) is 0.203. The van der Waals surface area contributed by atoms with Crippen molar-refractivity contribution in [1.82, 2.24) is 9.97 Å². The van der Waals surface area contributed by atoms with Crippen molar-refractivity contribution in [3.8, 4) is 11.6 Å². The molecule has 0 aliphatic rings. The first kappa shape index (κ1) is 19.0. The van der Waals surface area contributed by atoms with Crippen molar-refractivity contribution in [2.75, 3.05) is 30.9 Å². The van der Waals surface area contributed by atoms with Crippen LogP contribution in [-0.4, -0.2) is 41.7 Å². The van der Waals surface area contributed by atoms with Crippen LogP contribution in [0.2, 0.25) is 10.0 Å². The normalized spacial score (nSPS) is 10.4. The second-order valence-electron chi connectivity index (χ2n) is 5.15. The zero-order valence-electron chi connectivity index (χ0n) is 13.4. The fraction of sp³-hybridized carbons (Fsp3) is 0.267. The second-order valence-corrected chi connectivity index (χ2v) is 5.97. The van der Waals surface area contributed by atoms with Crippen molar-refractivity contribution in [2.24, 2.45) is 0 Å². The first-order chi connectivity index (χ1) is 11.8. The number of benzene rings is 1. The molecule has 0 aliphatic heterocycles. The van der Waals surface area contributed by atoms with Crippen molar-refractivity contribution >= 4 is 40.7 Å². The lowest BCUT2D eigenvalue weighted by Gasteiger charge is -2.15. The molecule has 0 amide bonds. The number of rotatable bonds is 7. The highest BCUT2D eigenvalue weighted by Crippen LogP contribution is 2.39. The van der Waals surface area contributed by atoms with Crippen LogP contribution in [0.25, 0.3) is 0 Å². The molecule has 0 saturated heterocycles. The predicted molar refractivity (Wildman–Crippen MR) is 93.6 cm³/mol. The van der Waals surface area contributed by atoms with Crippen molar-refractivity contribution in [1.29, 1.82) is 0 Å². The van der Waals surface area contributed by atoms with Gasteiger partial charge in [0.05, 0.1) is 16.5 Å². The number of carboxylic acid groups (broad SMARTS) is 1. The molecule has 0 atom stereocenters. The molecule has 0 fully saturated rings. The van der Waals surface area contributed by atoms with Gasteiger partial charge < -0.3 is 20.1 Å². The molecule has 10 heteroatoms. The Morgan fingerprint density at radius 1 is 1.32 bits per heavy atom. The maximum atomic E-state index is 14.3. The number of halogens is 3. The Hall–Kier alpha value is -2.32. The van der Waals surface area contributed by atoms with Gasteiger partial charge in [-0.05, 0) is 12.1 Å². The first-order valence-corrected chi connectivity index (χ1v) is 7.85. The quantitative estimate of drug-likeness (QED) is 0.747. The lowest BCUT2D eigenvalue weighted by Crippen LogP contribution is -2.13. The van der Waals surface area contributed by atoms with E-state index < -0.39 is 11.8 Å². The van der Waals surface area contributed by atoms with Crippen molar-refractivity contribution < 1.29 is 19.0 Å². The third kappa shape index (κ3) is 4.83. The van der Waals surface area contributed by atoms with Crippen LogP contribution in [0.15, 0.2) is 18.5 Å². The fourth-order valence-corrected chi connectivity index (χ4v) is 2.46. The molecule has 25 heavy (non-hydrogen) atoms. The first-order valence-electron chi connectivity index (χ1n) is 7.10. The third-order valence-electron chi connectivity index (χ3n) is 3.03. The van der Waals surface area contributed by atoms with Gasteiger partial charge in [0.15, 0.2) is 11.6 Å². The molecule has 0 saturated carbocycles. The van der Waals surface area contributed by atoms with E-state index in [0.717, 1.165) is 6.33 Å². The summed E-state index contributed by atoms with van der Waals surface area (Å²) in [5.41, 5.74) is 0.515. The van der Waals surface area contributed by atoms with Gasteiger partial charge in [-0.1, -0.05) is 23.2 Å². The van der Waals surface area contributed by atoms with E-state index in [2.05, 4.69) is 15.3 Å². The van der Waals surface area contributed by atoms with Crippen LogP contribution in [0.3, 0.4) is 0 Å². The van der Waals surface area contributed by atoms with Gasteiger partial charge >= 0.3 is 5.97 Å². The molecule has 0 aliphatic carbocycles. The monoisotopic (exact) mass is 388 g/mol. The molecule has 2 aromatic rings. The van der Waals surface area contributed by atoms with E-state index in [1.807, 2.05) is 0 Å². The van der Waals surface area contributed by atoms with E-state index in [1.165, 1.54) is 17.0 Å². The summed E-state index contributed by atoms with van der Waals surface area (Å²) in [5.74, 6) is -1.89. The minimum absolute atomic E-state index is 0.0365. The number of nitrogens with zero attached hydrogens (tertiary/aromatic N) is 3. The predicted octanol–water partition coefficient (Wildman–Crippen LogP) is 3.67. The molecule has 0 bridgehead atoms. The highest BCUT2D eigenvalue weighted by molar-refractivity contribution is 6.37. The van der Waals surface area contributed by atoms with E-state index in [9.17, 15) is 9.18 Å². The number of carbonyl (C=O) groups is 1. The number of hydrogen-bond acceptors (Lipinski definition) is 6. The summed E-state index contributed by atoms with van der Waals surface area (Å²) in [4.78, 5) is 19.6. The minimum Gasteiger partial charge on any atom is -0.481 e. The van der Waals surface area contributed by atoms with E-state index in [1.54, 1.807) is 14.1 Å². The number of hydrogen-bond donors (Lipinski definition) is 2. The van der Waals surface area contributed by atoms with Gasteiger partial charge in [-0.15, -0.1) is 0 Å². The van der Waals surface area contributed by atoms with E-state index in [4.69, 9.17) is 33.0 Å². The Bertz CT molecular complexity index is 766. The number of carboxylic acids is 1. The summed E-state index contributed by atoms with van der Waals surface area (Å²) in [6.07, 6.45) is 1.10. The SMILES string of the molecule is CN(C)c1ncnc(Oc2c(Cl)cc(NCCC(=O)O)cc2Cl)c1F. The zero-order chi connectivity index (χ0) is 18.6. The van der Waals surface area contributed by atoms with Crippen LogP contribution >= 0.6 is 23.2 Å². The van der Waals surface area contributed by atoms with Crippen LogP contribution in [0.1, 0.15) is 6.42 Å². The molecule has 2 rings (SSSR count). The highest BCUT2D eigenvalue weighted by atomic mass is 35.5. The average molecular weight is 389 g/mol. The van der Waals surface area contributed by atoms with Crippen molar-refractivity contribution in [3.63, 3.8) is 0 Å². The Labute approximate surface area is 153 Å². The number of aliphatic carboxylic acids is 1. The second kappa shape index (κ2) is 8.17. The third-order valence-corrected chi connectivity index (χ3v) is 3.59. The van der Waals surface area contributed by atoms with Crippen LogP contribution in [0, 0.1) is 5.82 Å². The van der Waals surface area contributed by atoms with Gasteiger partial charge in [-0.3, -0.25) is 4.79 Å². The van der Waals surface area contributed by atoms with Gasteiger partial charge in [0.2, 0.25) is 5.82 Å². The molecule has 134 valence electrons. The Morgan fingerprint density at radius 3 is 2.52 bits per heavy atom. The van der Waals surface area contributed by atoms with Crippen LogP contribution in [0.4, 0.5) is 15.9 Å². The summed E-state index contributed by atoms with van der Waals surface area (Å²) in [7, 11) is 3.26. The van der Waals surface area contributed by atoms with Crippen molar-refractivity contribution in [3.05, 3.63) is 34.3 Å². The highest BCUT2D eigenvalue weighted by Gasteiger charge is 2.18. The summed E-state index contributed by atoms with van der Waals surface area (Å²) in [6, 6.07) is 2.99. The Balaban J connectivity index is 2.23. The van der Waals surface area contributed by atoms with Gasteiger partial charge in [0, 0.05) is 26.3 Å². The van der Waals surface area contributed by atoms with Gasteiger partial charge in [0.25, 0.3) is 5.88 Å². The van der Waals surface area contributed by atoms with Gasteiger partial charge in [0.1, 0.15) is 6.33 Å². The smallest absolute Gasteiger partial charge is 0.305 e. The van der Waals surface area contributed by atoms with E-state index in [0.29, 0.717) is 5.69 Å². The van der Waals surface area contributed by atoms with Crippen molar-refractivity contribution in [2.45, 2.75) is 6.42 Å². The molecule has 1 aromatic carbocycles. The molecule has 1 aromatic heterocycles. The molecule has 1 heterocycles. The largest absolute Gasteiger partial charge is 0.481 e. The number of anilines is 2. The maximum absolute atomic E-state index is 14.3. The van der Waals surface area contributed by atoms with E-state index >= 15 is 0 Å². The zero-order valence-corrected chi connectivity index (χ0v) is 14.9. The number of nitrogens with one attached hydrogen (secondary N) is 1. The number of aromatic nitrogens is 2. The molecule has 2 N–H and O–H groups in total. The van der Waals surface area contributed by atoms with Gasteiger partial charge in [-0.2, -0.15) is 9.37 Å². The average Bonchev–Trinajstić information content (AvgIpc) is 2.51. The minimum atomic E-state index is -0.930. The molecule has 0 radical (unpaired) electrons. The fourth-order valence-electron chi connectivity index (χ4n) is 1.90. The Morgan fingerprint density at radius 2 is 1.96 bits per heavy atom. The molecule has 0 unspecified atom stereocenters. The summed E-state index contributed by atoms with van der Waals surface area (Å²) in [5, 5.41) is 11.7. The summed E-state index contributed by atoms with van der Waals surface area (Å²) >= 11 is 12.3. The lowest BCUT2D eigenvalue weighted by atomic mass is 10.3. The van der Waals surface area contributed by atoms with E-state index in [-0.39, 0.29) is 40.5 Å². The van der Waals surface area contributed by atoms with Crippen LogP contribution < -0.4 is 15.0 Å². The van der Waals surface area contributed by atoms with Crippen LogP contribution in [0.5, 0.6) is 11.6 Å². The summed E-state index contributed by atoms with van der Waals surface area (Å²) < 4.78 is 19.8. The maximum Gasteiger partial charge on any atom is 0.305 e. The molecular formula is C15H15Cl2FN4O3. The number of ether oxygens (including phenoxy) is 1. The topological polar surface area (TPSA) is 87.6 Å². The Kier molecular flexibility index (Phi) is 6.22. The van der Waals surface area contributed by atoms with Gasteiger partial charge in [-0.25, -0.2) is 4.98 Å². The molecule has 7 nitrogen and oxygen atoms in total. The molecular weight excluding hydrogens is 374 g/mol. The molecule has 0 spiro atoms.